The third kappa shape index (κ3) is 5.48. The molecule has 3 aliphatic rings. The van der Waals surface area contributed by atoms with Gasteiger partial charge in [-0.15, -0.1) is 0 Å². The molecule has 1 amide bonds. The van der Waals surface area contributed by atoms with Gasteiger partial charge >= 0.3 is 0 Å². The van der Waals surface area contributed by atoms with Gasteiger partial charge in [0.05, 0.1) is 12.2 Å². The first-order valence-electron chi connectivity index (χ1n) is 12.1. The lowest BCUT2D eigenvalue weighted by molar-refractivity contribution is -0.128. The zero-order valence-electron chi connectivity index (χ0n) is 18.5. The number of amides is 1. The van der Waals surface area contributed by atoms with Gasteiger partial charge in [0.25, 0.3) is 0 Å². The Kier molecular flexibility index (Phi) is 7.64. The molecule has 0 radical (unpaired) electrons. The summed E-state index contributed by atoms with van der Waals surface area (Å²) in [5, 5.41) is 24.2. The third-order valence-corrected chi connectivity index (χ3v) is 7.83. The fourth-order valence-electron chi connectivity index (χ4n) is 5.72. The van der Waals surface area contributed by atoms with Crippen LogP contribution in [0.4, 0.5) is 0 Å². The summed E-state index contributed by atoms with van der Waals surface area (Å²) in [6, 6.07) is 10.6. The molecule has 31 heavy (non-hydrogen) atoms. The van der Waals surface area contributed by atoms with Crippen molar-refractivity contribution in [2.45, 2.75) is 75.0 Å². The highest BCUT2D eigenvalue weighted by Gasteiger charge is 2.40. The molecule has 1 aliphatic carbocycles. The molecule has 0 bridgehead atoms. The van der Waals surface area contributed by atoms with Crippen LogP contribution in [0.3, 0.4) is 0 Å². The molecule has 1 aromatic carbocycles. The molecule has 3 N–H and O–H groups in total. The number of benzene rings is 1. The zero-order chi connectivity index (χ0) is 21.7. The van der Waals surface area contributed by atoms with Gasteiger partial charge in [-0.2, -0.15) is 0 Å². The van der Waals surface area contributed by atoms with Gasteiger partial charge in [-0.05, 0) is 56.9 Å². The summed E-state index contributed by atoms with van der Waals surface area (Å²) in [6.07, 6.45) is 6.02. The Morgan fingerprint density at radius 3 is 2.39 bits per heavy atom. The standard InChI is InChI=1S/C25H38N2O4/c28-21-8-14-27(15-9-21)22-6-12-25(13-7-23(22)29,20-4-2-1-3-5-20)18-26-24(30)19-10-16-31-17-11-19/h1-5,19,21-23,28-29H,6-18H2,(H,26,30)/t22-,23-,25-/m0/s1. The van der Waals surface area contributed by atoms with E-state index < -0.39 is 0 Å². The lowest BCUT2D eigenvalue weighted by Crippen LogP contribution is -2.48. The third-order valence-electron chi connectivity index (χ3n) is 7.83. The van der Waals surface area contributed by atoms with E-state index >= 15 is 0 Å². The van der Waals surface area contributed by atoms with E-state index in [9.17, 15) is 15.0 Å². The number of piperidine rings is 1. The van der Waals surface area contributed by atoms with E-state index in [0.29, 0.717) is 19.8 Å². The molecular formula is C25H38N2O4. The minimum Gasteiger partial charge on any atom is -0.393 e. The second kappa shape index (κ2) is 10.4. The number of carbonyl (C=O) groups is 1. The molecular weight excluding hydrogens is 392 g/mol. The van der Waals surface area contributed by atoms with Crippen LogP contribution < -0.4 is 5.32 Å². The van der Waals surface area contributed by atoms with Crippen LogP contribution in [0.15, 0.2) is 30.3 Å². The van der Waals surface area contributed by atoms with Gasteiger partial charge < -0.3 is 20.3 Å². The van der Waals surface area contributed by atoms with Crippen molar-refractivity contribution < 1.29 is 19.7 Å². The van der Waals surface area contributed by atoms with Crippen molar-refractivity contribution in [1.29, 1.82) is 0 Å². The number of rotatable bonds is 5. The first kappa shape index (κ1) is 22.7. The molecule has 0 spiro atoms. The average molecular weight is 431 g/mol. The number of aliphatic hydroxyl groups excluding tert-OH is 2. The highest BCUT2D eigenvalue weighted by atomic mass is 16.5. The van der Waals surface area contributed by atoms with E-state index in [-0.39, 0.29) is 35.5 Å². The second-order valence-electron chi connectivity index (χ2n) is 9.73. The Labute approximate surface area is 186 Å². The van der Waals surface area contributed by atoms with Crippen molar-refractivity contribution in [3.63, 3.8) is 0 Å². The van der Waals surface area contributed by atoms with Crippen molar-refractivity contribution >= 4 is 5.91 Å². The maximum Gasteiger partial charge on any atom is 0.223 e. The van der Waals surface area contributed by atoms with Crippen molar-refractivity contribution in [3.05, 3.63) is 35.9 Å². The molecule has 1 saturated carbocycles. The molecule has 2 aliphatic heterocycles. The van der Waals surface area contributed by atoms with E-state index in [1.807, 2.05) is 6.07 Å². The summed E-state index contributed by atoms with van der Waals surface area (Å²) < 4.78 is 5.41. The van der Waals surface area contributed by atoms with Gasteiger partial charge in [0.2, 0.25) is 5.91 Å². The van der Waals surface area contributed by atoms with Crippen molar-refractivity contribution in [1.82, 2.24) is 10.2 Å². The Bertz CT molecular complexity index is 701. The fourth-order valence-corrected chi connectivity index (χ4v) is 5.72. The maximum absolute atomic E-state index is 12.9. The van der Waals surface area contributed by atoms with Crippen molar-refractivity contribution in [2.24, 2.45) is 5.92 Å². The number of nitrogens with zero attached hydrogens (tertiary/aromatic N) is 1. The van der Waals surface area contributed by atoms with E-state index in [0.717, 1.165) is 64.5 Å². The largest absolute Gasteiger partial charge is 0.393 e. The summed E-state index contributed by atoms with van der Waals surface area (Å²) in [5.41, 5.74) is 1.09. The van der Waals surface area contributed by atoms with Gasteiger partial charge in [0.15, 0.2) is 0 Å². The lowest BCUT2D eigenvalue weighted by Gasteiger charge is -2.38. The number of hydrogen-bond donors (Lipinski definition) is 3. The number of likely N-dealkylation sites (tertiary alicyclic amines) is 1. The predicted molar refractivity (Wildman–Crippen MR) is 120 cm³/mol. The van der Waals surface area contributed by atoms with Crippen LogP contribution in [-0.2, 0) is 14.9 Å². The van der Waals surface area contributed by atoms with Gasteiger partial charge in [-0.1, -0.05) is 30.3 Å². The smallest absolute Gasteiger partial charge is 0.223 e. The predicted octanol–water partition coefficient (Wildman–Crippen LogP) is 2.23. The normalized spacial score (nSPS) is 31.8. The number of aliphatic hydroxyl groups is 2. The molecule has 1 aromatic rings. The minimum absolute atomic E-state index is 0.0467. The summed E-state index contributed by atoms with van der Waals surface area (Å²) in [4.78, 5) is 15.2. The molecule has 0 unspecified atom stereocenters. The highest BCUT2D eigenvalue weighted by Crippen LogP contribution is 2.40. The molecule has 172 valence electrons. The SMILES string of the molecule is O=C(NC[C@@]1(c2ccccc2)CC[C@H](O)[C@@H](N2CCC(O)CC2)CC1)C1CCOCC1. The van der Waals surface area contributed by atoms with Crippen LogP contribution >= 0.6 is 0 Å². The van der Waals surface area contributed by atoms with E-state index in [2.05, 4.69) is 34.5 Å². The molecule has 3 fully saturated rings. The molecule has 2 saturated heterocycles. The van der Waals surface area contributed by atoms with Gasteiger partial charge in [-0.3, -0.25) is 9.69 Å². The monoisotopic (exact) mass is 430 g/mol. The first-order valence-corrected chi connectivity index (χ1v) is 12.1. The number of carbonyl (C=O) groups excluding carboxylic acids is 1. The maximum atomic E-state index is 12.9. The van der Waals surface area contributed by atoms with Gasteiger partial charge in [0.1, 0.15) is 0 Å². The average Bonchev–Trinajstić information content (AvgIpc) is 2.99. The summed E-state index contributed by atoms with van der Waals surface area (Å²) in [5.74, 6) is 0.190. The van der Waals surface area contributed by atoms with E-state index in [1.165, 1.54) is 5.56 Å². The van der Waals surface area contributed by atoms with Gasteiger partial charge in [-0.25, -0.2) is 0 Å². The Balaban J connectivity index is 1.48. The van der Waals surface area contributed by atoms with Crippen LogP contribution in [0.25, 0.3) is 0 Å². The Morgan fingerprint density at radius 2 is 1.68 bits per heavy atom. The van der Waals surface area contributed by atoms with Crippen LogP contribution in [0.5, 0.6) is 0 Å². The summed E-state index contributed by atoms with van der Waals surface area (Å²) in [6.45, 7) is 3.65. The highest BCUT2D eigenvalue weighted by molar-refractivity contribution is 5.78. The van der Waals surface area contributed by atoms with Crippen molar-refractivity contribution in [3.8, 4) is 0 Å². The second-order valence-corrected chi connectivity index (χ2v) is 9.73. The lowest BCUT2D eigenvalue weighted by atomic mass is 9.74. The van der Waals surface area contributed by atoms with Crippen LogP contribution in [0.2, 0.25) is 0 Å². The minimum atomic E-state index is -0.368. The fraction of sp³-hybridized carbons (Fsp3) is 0.720. The summed E-state index contributed by atoms with van der Waals surface area (Å²) >= 11 is 0. The van der Waals surface area contributed by atoms with Crippen LogP contribution in [0.1, 0.15) is 56.9 Å². The molecule has 6 nitrogen and oxygen atoms in total. The quantitative estimate of drug-likeness (QED) is 0.624. The summed E-state index contributed by atoms with van der Waals surface area (Å²) in [7, 11) is 0. The molecule has 6 heteroatoms. The Morgan fingerprint density at radius 1 is 1.00 bits per heavy atom. The topological polar surface area (TPSA) is 82.0 Å². The van der Waals surface area contributed by atoms with Crippen molar-refractivity contribution in [2.75, 3.05) is 32.8 Å². The number of ether oxygens (including phenoxy) is 1. The zero-order valence-corrected chi connectivity index (χ0v) is 18.5. The van der Waals surface area contributed by atoms with E-state index in [4.69, 9.17) is 4.74 Å². The Hall–Kier alpha value is -1.47. The van der Waals surface area contributed by atoms with E-state index in [1.54, 1.807) is 0 Å². The van der Waals surface area contributed by atoms with Crippen LogP contribution in [0, 0.1) is 5.92 Å². The number of hydrogen-bond acceptors (Lipinski definition) is 5. The number of nitrogens with one attached hydrogen (secondary N) is 1. The molecule has 2 heterocycles. The first-order chi connectivity index (χ1) is 15.1. The molecule has 3 atom stereocenters. The molecule has 0 aromatic heterocycles. The molecule has 4 rings (SSSR count). The van der Waals surface area contributed by atoms with Gasteiger partial charge in [0, 0.05) is 50.2 Å². The van der Waals surface area contributed by atoms with Crippen LogP contribution in [-0.4, -0.2) is 72.1 Å².